The Morgan fingerprint density at radius 1 is 0.839 bits per heavy atom. The first-order valence-corrected chi connectivity index (χ1v) is 10.6. The Labute approximate surface area is 183 Å². The van der Waals surface area contributed by atoms with Crippen LogP contribution in [0.15, 0.2) is 54.6 Å². The van der Waals surface area contributed by atoms with Crippen molar-refractivity contribution < 1.29 is 19.8 Å². The Morgan fingerprint density at radius 2 is 1.32 bits per heavy atom. The highest BCUT2D eigenvalue weighted by atomic mass is 16.4. The van der Waals surface area contributed by atoms with Gasteiger partial charge in [-0.25, -0.2) is 9.59 Å². The quantitative estimate of drug-likeness (QED) is 0.444. The van der Waals surface area contributed by atoms with E-state index in [1.807, 2.05) is 31.2 Å². The highest BCUT2D eigenvalue weighted by Crippen LogP contribution is 2.43. The number of carboxylic acid groups (broad SMARTS) is 2. The molecule has 0 aromatic heterocycles. The molecule has 0 spiro atoms. The zero-order valence-corrected chi connectivity index (χ0v) is 18.4. The number of aromatic carboxylic acids is 2. The summed E-state index contributed by atoms with van der Waals surface area (Å²) in [6, 6.07) is 16.1. The van der Waals surface area contributed by atoms with E-state index in [9.17, 15) is 19.8 Å². The molecule has 160 valence electrons. The van der Waals surface area contributed by atoms with Crippen molar-refractivity contribution in [2.45, 2.75) is 46.5 Å². The van der Waals surface area contributed by atoms with Gasteiger partial charge >= 0.3 is 11.9 Å². The predicted molar refractivity (Wildman–Crippen MR) is 124 cm³/mol. The van der Waals surface area contributed by atoms with E-state index in [0.29, 0.717) is 11.1 Å². The van der Waals surface area contributed by atoms with Crippen molar-refractivity contribution >= 4 is 11.9 Å². The van der Waals surface area contributed by atoms with Gasteiger partial charge in [0.2, 0.25) is 0 Å². The van der Waals surface area contributed by atoms with Crippen LogP contribution in [0.5, 0.6) is 0 Å². The van der Waals surface area contributed by atoms with Gasteiger partial charge in [-0.1, -0.05) is 69.7 Å². The van der Waals surface area contributed by atoms with Crippen molar-refractivity contribution in [2.24, 2.45) is 0 Å². The number of rotatable bonds is 7. The van der Waals surface area contributed by atoms with E-state index in [1.54, 1.807) is 24.3 Å². The number of hydrogen-bond donors (Lipinski definition) is 2. The van der Waals surface area contributed by atoms with Crippen LogP contribution in [0, 0.1) is 6.92 Å². The lowest BCUT2D eigenvalue weighted by atomic mass is 9.79. The minimum atomic E-state index is -1.00. The van der Waals surface area contributed by atoms with Crippen molar-refractivity contribution in [2.75, 3.05) is 0 Å². The van der Waals surface area contributed by atoms with Crippen LogP contribution in [0.2, 0.25) is 0 Å². The molecule has 0 heterocycles. The van der Waals surface area contributed by atoms with Gasteiger partial charge in [-0.15, -0.1) is 0 Å². The maximum Gasteiger partial charge on any atom is 0.336 e. The van der Waals surface area contributed by atoms with Crippen molar-refractivity contribution in [3.63, 3.8) is 0 Å². The topological polar surface area (TPSA) is 74.6 Å². The first-order valence-electron chi connectivity index (χ1n) is 10.6. The van der Waals surface area contributed by atoms with Gasteiger partial charge in [0.05, 0.1) is 11.1 Å². The molecule has 0 bridgehead atoms. The smallest absolute Gasteiger partial charge is 0.336 e. The normalized spacial score (nSPS) is 11.0. The molecular weight excluding hydrogens is 388 g/mol. The Kier molecular flexibility index (Phi) is 6.59. The molecule has 0 fully saturated rings. The van der Waals surface area contributed by atoms with Crippen LogP contribution in [-0.2, 0) is 6.42 Å². The standard InChI is InChI=1S/C27H28O4/c1-5-10-18-15-23(16(2)3)17(4)24(19-11-6-8-13-21(19)26(28)29)25(18)20-12-7-9-14-22(20)27(30)31/h6-9,11-16H,5,10H2,1-4H3,(H,28,29)(H,30,31). The lowest BCUT2D eigenvalue weighted by Gasteiger charge is -2.24. The summed E-state index contributed by atoms with van der Waals surface area (Å²) in [5.74, 6) is -1.75. The average Bonchev–Trinajstić information content (AvgIpc) is 2.74. The Morgan fingerprint density at radius 3 is 1.77 bits per heavy atom. The van der Waals surface area contributed by atoms with Gasteiger partial charge in [-0.2, -0.15) is 0 Å². The number of carbonyl (C=O) groups is 2. The molecule has 0 saturated carbocycles. The van der Waals surface area contributed by atoms with Crippen LogP contribution < -0.4 is 0 Å². The van der Waals surface area contributed by atoms with E-state index in [4.69, 9.17) is 0 Å². The number of carboxylic acids is 2. The molecular formula is C27H28O4. The molecule has 3 aromatic rings. The SMILES string of the molecule is CCCc1cc(C(C)C)c(C)c(-c2ccccc2C(=O)O)c1-c1ccccc1C(=O)O. The molecule has 0 amide bonds. The summed E-state index contributed by atoms with van der Waals surface area (Å²) in [5, 5.41) is 19.7. The Balaban J connectivity index is 2.55. The fraction of sp³-hybridized carbons (Fsp3) is 0.259. The molecule has 3 aromatic carbocycles. The van der Waals surface area contributed by atoms with Crippen molar-refractivity contribution in [3.8, 4) is 22.3 Å². The van der Waals surface area contributed by atoms with Crippen molar-refractivity contribution in [1.82, 2.24) is 0 Å². The second kappa shape index (κ2) is 9.17. The highest BCUT2D eigenvalue weighted by molar-refractivity contribution is 6.04. The zero-order chi connectivity index (χ0) is 22.7. The Bertz CT molecular complexity index is 1140. The third-order valence-corrected chi connectivity index (χ3v) is 5.70. The third kappa shape index (κ3) is 4.24. The number of aryl methyl sites for hydroxylation is 1. The summed E-state index contributed by atoms with van der Waals surface area (Å²) in [6.45, 7) is 8.34. The first kappa shape index (κ1) is 22.3. The van der Waals surface area contributed by atoms with Gasteiger partial charge in [0, 0.05) is 0 Å². The van der Waals surface area contributed by atoms with E-state index in [2.05, 4.69) is 26.8 Å². The van der Waals surface area contributed by atoms with Crippen LogP contribution in [0.25, 0.3) is 22.3 Å². The molecule has 4 nitrogen and oxygen atoms in total. The third-order valence-electron chi connectivity index (χ3n) is 5.70. The number of benzene rings is 3. The van der Waals surface area contributed by atoms with Gasteiger partial charge in [0.1, 0.15) is 0 Å². The molecule has 0 unspecified atom stereocenters. The van der Waals surface area contributed by atoms with Crippen LogP contribution in [-0.4, -0.2) is 22.2 Å². The summed E-state index contributed by atoms with van der Waals surface area (Å²) >= 11 is 0. The average molecular weight is 417 g/mol. The van der Waals surface area contributed by atoms with Crippen molar-refractivity contribution in [3.05, 3.63) is 82.4 Å². The van der Waals surface area contributed by atoms with E-state index in [1.165, 1.54) is 0 Å². The van der Waals surface area contributed by atoms with E-state index >= 15 is 0 Å². The summed E-state index contributed by atoms with van der Waals surface area (Å²) < 4.78 is 0. The van der Waals surface area contributed by atoms with Gasteiger partial charge in [0.25, 0.3) is 0 Å². The second-order valence-electron chi connectivity index (χ2n) is 8.11. The minimum Gasteiger partial charge on any atom is -0.478 e. The van der Waals surface area contributed by atoms with Gasteiger partial charge in [-0.3, -0.25) is 0 Å². The summed E-state index contributed by atoms with van der Waals surface area (Å²) in [4.78, 5) is 24.1. The predicted octanol–water partition coefficient (Wildman–Crippen LogP) is 6.80. The summed E-state index contributed by atoms with van der Waals surface area (Å²) in [6.07, 6.45) is 1.66. The van der Waals surface area contributed by atoms with Crippen LogP contribution in [0.3, 0.4) is 0 Å². The van der Waals surface area contributed by atoms with E-state index < -0.39 is 11.9 Å². The molecule has 4 heteroatoms. The van der Waals surface area contributed by atoms with Gasteiger partial charge < -0.3 is 10.2 Å². The Hall–Kier alpha value is -3.40. The first-order chi connectivity index (χ1) is 14.8. The fourth-order valence-corrected chi connectivity index (χ4v) is 4.35. The lowest BCUT2D eigenvalue weighted by Crippen LogP contribution is -2.08. The molecule has 0 saturated heterocycles. The minimum absolute atomic E-state index is 0.211. The van der Waals surface area contributed by atoms with E-state index in [-0.39, 0.29) is 17.0 Å². The maximum atomic E-state index is 12.1. The largest absolute Gasteiger partial charge is 0.478 e. The second-order valence-corrected chi connectivity index (χ2v) is 8.11. The maximum absolute atomic E-state index is 12.1. The van der Waals surface area contributed by atoms with E-state index in [0.717, 1.165) is 40.7 Å². The molecule has 0 aliphatic carbocycles. The molecule has 0 radical (unpaired) electrons. The molecule has 0 aliphatic heterocycles. The monoisotopic (exact) mass is 416 g/mol. The van der Waals surface area contributed by atoms with Crippen molar-refractivity contribution in [1.29, 1.82) is 0 Å². The number of hydrogen-bond acceptors (Lipinski definition) is 2. The fourth-order valence-electron chi connectivity index (χ4n) is 4.35. The molecule has 2 N–H and O–H groups in total. The summed E-state index contributed by atoms with van der Waals surface area (Å²) in [5.41, 5.74) is 6.45. The van der Waals surface area contributed by atoms with Crippen LogP contribution in [0.4, 0.5) is 0 Å². The summed E-state index contributed by atoms with van der Waals surface area (Å²) in [7, 11) is 0. The molecule has 0 atom stereocenters. The molecule has 0 aliphatic rings. The van der Waals surface area contributed by atoms with Gasteiger partial charge in [0.15, 0.2) is 0 Å². The molecule has 3 rings (SSSR count). The van der Waals surface area contributed by atoms with Crippen LogP contribution in [0.1, 0.15) is 70.5 Å². The molecule has 31 heavy (non-hydrogen) atoms. The van der Waals surface area contributed by atoms with Crippen LogP contribution >= 0.6 is 0 Å². The van der Waals surface area contributed by atoms with Gasteiger partial charge in [-0.05, 0) is 70.3 Å². The zero-order valence-electron chi connectivity index (χ0n) is 18.4. The highest BCUT2D eigenvalue weighted by Gasteiger charge is 2.25. The lowest BCUT2D eigenvalue weighted by molar-refractivity contribution is 0.0686.